The van der Waals surface area contributed by atoms with Gasteiger partial charge in [0, 0.05) is 69.2 Å². The largest absolute Gasteiger partial charge is 0.373 e. The minimum absolute atomic E-state index is 0.0220. The molecule has 2 atom stereocenters. The van der Waals surface area contributed by atoms with Crippen molar-refractivity contribution in [3.63, 3.8) is 0 Å². The van der Waals surface area contributed by atoms with Gasteiger partial charge >= 0.3 is 0 Å². The molecule has 0 bridgehead atoms. The molecule has 6 rings (SSSR count). The Kier molecular flexibility index (Phi) is 7.11. The Bertz CT molecular complexity index is 1420. The molecular weight excluding hydrogens is 502 g/mol. The Morgan fingerprint density at radius 2 is 1.74 bits per heavy atom. The van der Waals surface area contributed by atoms with Crippen molar-refractivity contribution in [2.75, 3.05) is 49.5 Å². The molecule has 204 valence electrons. The maximum Gasteiger partial charge on any atom is 0.229 e. The van der Waals surface area contributed by atoms with E-state index >= 15 is 8.78 Å². The van der Waals surface area contributed by atoms with E-state index in [9.17, 15) is 0 Å². The van der Waals surface area contributed by atoms with E-state index in [0.717, 1.165) is 43.1 Å². The van der Waals surface area contributed by atoms with Crippen molar-refractivity contribution in [1.29, 1.82) is 0 Å². The molecular formula is C28H32F2N8O. The van der Waals surface area contributed by atoms with Crippen LogP contribution in [0.25, 0.3) is 16.7 Å². The van der Waals surface area contributed by atoms with E-state index in [0.29, 0.717) is 30.4 Å². The summed E-state index contributed by atoms with van der Waals surface area (Å²) in [5.74, 6) is 0.133. The highest BCUT2D eigenvalue weighted by molar-refractivity contribution is 5.78. The molecule has 2 fully saturated rings. The molecule has 3 aromatic heterocycles. The van der Waals surface area contributed by atoms with E-state index in [1.165, 1.54) is 12.1 Å². The maximum absolute atomic E-state index is 15.2. The molecule has 39 heavy (non-hydrogen) atoms. The standard InChI is InChI=1S/C28H32F2N8O/c1-18-15-36(16-19(2)39-18)17-23-24(29)11-22(12-25(23)30)38-8-5-20-13-33-28(35-27(20)38)34-21-3-4-26(32-14-21)37-9-6-31-7-10-37/h3-5,8,11-14,18-19,31H,6-7,9-10,15-17H2,1-2H3,(H,33,34,35)/t18-,19+. The summed E-state index contributed by atoms with van der Waals surface area (Å²) in [7, 11) is 0. The summed E-state index contributed by atoms with van der Waals surface area (Å²) in [6.07, 6.45) is 5.23. The molecule has 1 aromatic carbocycles. The first-order valence-electron chi connectivity index (χ1n) is 13.3. The van der Waals surface area contributed by atoms with Crippen molar-refractivity contribution in [2.45, 2.75) is 32.6 Å². The predicted molar refractivity (Wildman–Crippen MR) is 147 cm³/mol. The van der Waals surface area contributed by atoms with Crippen molar-refractivity contribution < 1.29 is 13.5 Å². The van der Waals surface area contributed by atoms with Crippen molar-refractivity contribution in [3.05, 3.63) is 66.1 Å². The Morgan fingerprint density at radius 1 is 1.00 bits per heavy atom. The number of pyridine rings is 1. The lowest BCUT2D eigenvalue weighted by molar-refractivity contribution is -0.0709. The third kappa shape index (κ3) is 5.56. The molecule has 0 amide bonds. The number of nitrogens with zero attached hydrogens (tertiary/aromatic N) is 6. The summed E-state index contributed by atoms with van der Waals surface area (Å²) in [5.41, 5.74) is 1.71. The number of morpholine rings is 1. The molecule has 2 saturated heterocycles. The van der Waals surface area contributed by atoms with Gasteiger partial charge in [-0.3, -0.25) is 4.90 Å². The number of hydrogen-bond donors (Lipinski definition) is 2. The maximum atomic E-state index is 15.2. The molecule has 0 unspecified atom stereocenters. The zero-order valence-electron chi connectivity index (χ0n) is 22.1. The zero-order chi connectivity index (χ0) is 26.9. The molecule has 0 spiro atoms. The van der Waals surface area contributed by atoms with Crippen LogP contribution in [0.1, 0.15) is 19.4 Å². The van der Waals surface area contributed by atoms with Gasteiger partial charge in [-0.15, -0.1) is 0 Å². The van der Waals surface area contributed by atoms with Crippen LogP contribution in [0.3, 0.4) is 0 Å². The Balaban J connectivity index is 1.22. The van der Waals surface area contributed by atoms with Crippen molar-refractivity contribution in [3.8, 4) is 5.69 Å². The summed E-state index contributed by atoms with van der Waals surface area (Å²) in [6, 6.07) is 8.46. The summed E-state index contributed by atoms with van der Waals surface area (Å²) < 4.78 is 37.8. The third-order valence-corrected chi connectivity index (χ3v) is 7.15. The van der Waals surface area contributed by atoms with Crippen molar-refractivity contribution in [1.82, 2.24) is 29.7 Å². The van der Waals surface area contributed by atoms with Gasteiger partial charge < -0.3 is 24.8 Å². The van der Waals surface area contributed by atoms with Gasteiger partial charge in [0.25, 0.3) is 0 Å². The smallest absolute Gasteiger partial charge is 0.229 e. The molecule has 0 saturated carbocycles. The molecule has 0 aliphatic carbocycles. The second-order valence-corrected chi connectivity index (χ2v) is 10.3. The number of benzene rings is 1. The van der Waals surface area contributed by atoms with Crippen molar-refractivity contribution in [2.24, 2.45) is 0 Å². The number of anilines is 3. The summed E-state index contributed by atoms with van der Waals surface area (Å²) in [5, 5.41) is 7.28. The normalized spacial score (nSPS) is 20.5. The van der Waals surface area contributed by atoms with Gasteiger partial charge in [-0.2, -0.15) is 4.98 Å². The molecule has 2 aliphatic heterocycles. The van der Waals surface area contributed by atoms with Crippen LogP contribution in [0.4, 0.5) is 26.2 Å². The topological polar surface area (TPSA) is 83.4 Å². The lowest BCUT2D eigenvalue weighted by atomic mass is 10.1. The minimum Gasteiger partial charge on any atom is -0.373 e. The highest BCUT2D eigenvalue weighted by Gasteiger charge is 2.24. The summed E-state index contributed by atoms with van der Waals surface area (Å²) in [6.45, 7) is 9.13. The molecule has 0 radical (unpaired) electrons. The van der Waals surface area contributed by atoms with Crippen LogP contribution in [0.2, 0.25) is 0 Å². The van der Waals surface area contributed by atoms with Crippen LogP contribution in [0, 0.1) is 11.6 Å². The van der Waals surface area contributed by atoms with Crippen LogP contribution in [0.5, 0.6) is 0 Å². The van der Waals surface area contributed by atoms with E-state index in [2.05, 4.69) is 30.5 Å². The predicted octanol–water partition coefficient (Wildman–Crippen LogP) is 3.86. The number of ether oxygens (including phenoxy) is 1. The number of rotatable bonds is 6. The van der Waals surface area contributed by atoms with Crippen LogP contribution in [-0.2, 0) is 11.3 Å². The minimum atomic E-state index is -0.582. The van der Waals surface area contributed by atoms with E-state index in [1.54, 1.807) is 23.2 Å². The van der Waals surface area contributed by atoms with E-state index < -0.39 is 11.6 Å². The van der Waals surface area contributed by atoms with Gasteiger partial charge in [-0.25, -0.2) is 18.7 Å². The number of piperazine rings is 1. The molecule has 9 nitrogen and oxygen atoms in total. The number of hydrogen-bond acceptors (Lipinski definition) is 8. The highest BCUT2D eigenvalue weighted by atomic mass is 19.1. The van der Waals surface area contributed by atoms with Crippen LogP contribution in [0.15, 0.2) is 48.9 Å². The number of fused-ring (bicyclic) bond motifs is 1. The fraction of sp³-hybridized carbons (Fsp3) is 0.393. The molecule has 2 aliphatic rings. The highest BCUT2D eigenvalue weighted by Crippen LogP contribution is 2.26. The van der Waals surface area contributed by atoms with Crippen molar-refractivity contribution >= 4 is 28.5 Å². The molecule has 2 N–H and O–H groups in total. The first kappa shape index (κ1) is 25.6. The lowest BCUT2D eigenvalue weighted by Gasteiger charge is -2.35. The van der Waals surface area contributed by atoms with Crippen LogP contribution in [-0.4, -0.2) is 75.9 Å². The van der Waals surface area contributed by atoms with E-state index in [1.807, 2.05) is 36.9 Å². The number of aromatic nitrogens is 4. The van der Waals surface area contributed by atoms with E-state index in [4.69, 9.17) is 4.74 Å². The first-order chi connectivity index (χ1) is 18.9. The van der Waals surface area contributed by atoms with Crippen LogP contribution >= 0.6 is 0 Å². The zero-order valence-corrected chi connectivity index (χ0v) is 22.1. The van der Waals surface area contributed by atoms with Gasteiger partial charge in [-0.05, 0) is 44.2 Å². The van der Waals surface area contributed by atoms with E-state index in [-0.39, 0.29) is 24.3 Å². The second kappa shape index (κ2) is 10.8. The average Bonchev–Trinajstić information content (AvgIpc) is 3.34. The Labute approximate surface area is 225 Å². The Morgan fingerprint density at radius 3 is 2.44 bits per heavy atom. The van der Waals surface area contributed by atoms with Gasteiger partial charge in [0.1, 0.15) is 23.1 Å². The van der Waals surface area contributed by atoms with Gasteiger partial charge in [-0.1, -0.05) is 0 Å². The van der Waals surface area contributed by atoms with Crippen LogP contribution < -0.4 is 15.5 Å². The quantitative estimate of drug-likeness (QED) is 0.386. The Hall–Kier alpha value is -3.67. The molecule has 5 heterocycles. The van der Waals surface area contributed by atoms with Gasteiger partial charge in [0.2, 0.25) is 5.95 Å². The van der Waals surface area contributed by atoms with Gasteiger partial charge in [0.05, 0.1) is 29.8 Å². The molecule has 11 heteroatoms. The average molecular weight is 535 g/mol. The van der Waals surface area contributed by atoms with Gasteiger partial charge in [0.15, 0.2) is 0 Å². The fourth-order valence-electron chi connectivity index (χ4n) is 5.37. The monoisotopic (exact) mass is 534 g/mol. The number of nitrogens with one attached hydrogen (secondary N) is 2. The second-order valence-electron chi connectivity index (χ2n) is 10.3. The number of halogens is 2. The summed E-state index contributed by atoms with van der Waals surface area (Å²) in [4.78, 5) is 17.9. The first-order valence-corrected chi connectivity index (χ1v) is 13.3. The SMILES string of the molecule is C[C@@H]1CN(Cc2c(F)cc(-n3ccc4cnc(Nc5ccc(N6CCNCC6)nc5)nc43)cc2F)C[C@H](C)O1. The lowest BCUT2D eigenvalue weighted by Crippen LogP contribution is -2.45. The molecule has 4 aromatic rings. The third-order valence-electron chi connectivity index (χ3n) is 7.15. The fourth-order valence-corrected chi connectivity index (χ4v) is 5.37. The summed E-state index contributed by atoms with van der Waals surface area (Å²) >= 11 is 0.